The van der Waals surface area contributed by atoms with Crippen LogP contribution in [0, 0.1) is 0 Å². The van der Waals surface area contributed by atoms with E-state index in [4.69, 9.17) is 15.3 Å². The van der Waals surface area contributed by atoms with E-state index in [9.17, 15) is 33.6 Å². The lowest BCUT2D eigenvalue weighted by Gasteiger charge is -2.26. The molecule has 3 unspecified atom stereocenters. The van der Waals surface area contributed by atoms with Crippen LogP contribution in [0.2, 0.25) is 0 Å². The molecule has 0 aromatic rings. The van der Waals surface area contributed by atoms with Gasteiger partial charge in [-0.3, -0.25) is 33.6 Å². The molecule has 14 nitrogen and oxygen atoms in total. The van der Waals surface area contributed by atoms with Crippen molar-refractivity contribution in [3.63, 3.8) is 0 Å². The Kier molecular flexibility index (Phi) is 14.3. The first-order chi connectivity index (χ1) is 16.3. The molecule has 0 bridgehead atoms. The summed E-state index contributed by atoms with van der Waals surface area (Å²) in [5.41, 5.74) is 0. The zero-order valence-electron chi connectivity index (χ0n) is 20.0. The molecule has 4 amide bonds. The number of nitrogens with one attached hydrogen (secondary N) is 3. The highest BCUT2D eigenvalue weighted by Gasteiger charge is 2.33. The van der Waals surface area contributed by atoms with Gasteiger partial charge in [0.15, 0.2) is 0 Å². The predicted octanol–water partition coefficient (Wildman–Crippen LogP) is -1.08. The van der Waals surface area contributed by atoms with Crippen LogP contribution in [0.5, 0.6) is 0 Å². The van der Waals surface area contributed by atoms with Gasteiger partial charge in [0, 0.05) is 20.5 Å². The Morgan fingerprint density at radius 3 is 1.54 bits per heavy atom. The molecule has 35 heavy (non-hydrogen) atoms. The number of carbonyl (C=O) groups is 7. The minimum absolute atomic E-state index is 0.313. The summed E-state index contributed by atoms with van der Waals surface area (Å²) in [5, 5.41) is 33.5. The molecule has 0 saturated carbocycles. The maximum absolute atomic E-state index is 12.7. The van der Waals surface area contributed by atoms with Gasteiger partial charge in [-0.1, -0.05) is 26.2 Å². The maximum atomic E-state index is 12.7. The van der Waals surface area contributed by atoms with Crippen molar-refractivity contribution in [3.8, 4) is 0 Å². The standard InChI is InChI=1S/C21H34N4O10/c1-4-5-6-7-8-25(3)21(35)15(11-18(31)32)24-20(34)14(10-17(29)30)23-19(33)13(9-16(27)28)22-12(2)26/h13-15H,4-11H2,1-3H3,(H,22,26)(H,23,33)(H,24,34)(H,27,28)(H,29,30)(H,31,32). The van der Waals surface area contributed by atoms with E-state index in [2.05, 4.69) is 16.0 Å². The molecule has 6 N–H and O–H groups in total. The molecular weight excluding hydrogens is 468 g/mol. The summed E-state index contributed by atoms with van der Waals surface area (Å²) in [6.07, 6.45) is 0.869. The minimum Gasteiger partial charge on any atom is -0.481 e. The van der Waals surface area contributed by atoms with Crippen LogP contribution in [0.25, 0.3) is 0 Å². The lowest BCUT2D eigenvalue weighted by molar-refractivity contribution is -0.145. The second-order valence-corrected chi connectivity index (χ2v) is 7.99. The molecule has 198 valence electrons. The van der Waals surface area contributed by atoms with Crippen LogP contribution < -0.4 is 16.0 Å². The van der Waals surface area contributed by atoms with Crippen LogP contribution >= 0.6 is 0 Å². The number of carbonyl (C=O) groups excluding carboxylic acids is 4. The van der Waals surface area contributed by atoms with E-state index in [-0.39, 0.29) is 0 Å². The third-order valence-electron chi connectivity index (χ3n) is 4.80. The molecule has 14 heteroatoms. The molecule has 0 heterocycles. The monoisotopic (exact) mass is 502 g/mol. The van der Waals surface area contributed by atoms with E-state index < -0.39 is 78.9 Å². The zero-order chi connectivity index (χ0) is 27.1. The molecule has 0 aliphatic heterocycles. The number of unbranched alkanes of at least 4 members (excludes halogenated alkanes) is 3. The second-order valence-electron chi connectivity index (χ2n) is 7.99. The lowest BCUT2D eigenvalue weighted by atomic mass is 10.1. The maximum Gasteiger partial charge on any atom is 0.305 e. The van der Waals surface area contributed by atoms with Gasteiger partial charge in [-0.2, -0.15) is 0 Å². The van der Waals surface area contributed by atoms with Gasteiger partial charge in [-0.15, -0.1) is 0 Å². The van der Waals surface area contributed by atoms with Gasteiger partial charge in [-0.05, 0) is 6.42 Å². The van der Waals surface area contributed by atoms with Crippen molar-refractivity contribution in [3.05, 3.63) is 0 Å². The number of rotatable bonds is 17. The van der Waals surface area contributed by atoms with Gasteiger partial charge in [0.1, 0.15) is 18.1 Å². The molecule has 0 aromatic heterocycles. The number of hydrogen-bond acceptors (Lipinski definition) is 7. The highest BCUT2D eigenvalue weighted by atomic mass is 16.4. The molecule has 0 saturated heterocycles. The Morgan fingerprint density at radius 2 is 1.11 bits per heavy atom. The van der Waals surface area contributed by atoms with Crippen LogP contribution in [0.3, 0.4) is 0 Å². The molecule has 0 aliphatic carbocycles. The summed E-state index contributed by atoms with van der Waals surface area (Å²) >= 11 is 0. The summed E-state index contributed by atoms with van der Waals surface area (Å²) in [5.74, 6) is -8.08. The summed E-state index contributed by atoms with van der Waals surface area (Å²) in [4.78, 5) is 83.9. The van der Waals surface area contributed by atoms with E-state index in [0.29, 0.717) is 13.0 Å². The van der Waals surface area contributed by atoms with Crippen LogP contribution in [-0.2, 0) is 33.6 Å². The first kappa shape index (κ1) is 31.3. The fourth-order valence-electron chi connectivity index (χ4n) is 3.08. The highest BCUT2D eigenvalue weighted by Crippen LogP contribution is 2.06. The zero-order valence-corrected chi connectivity index (χ0v) is 20.0. The fourth-order valence-corrected chi connectivity index (χ4v) is 3.08. The van der Waals surface area contributed by atoms with Crippen LogP contribution in [0.15, 0.2) is 0 Å². The number of carboxylic acid groups (broad SMARTS) is 3. The van der Waals surface area contributed by atoms with Gasteiger partial charge in [-0.25, -0.2) is 0 Å². The quantitative estimate of drug-likeness (QED) is 0.132. The Bertz CT molecular complexity index is 785. The Labute approximate surface area is 202 Å². The van der Waals surface area contributed by atoms with Gasteiger partial charge < -0.3 is 36.2 Å². The molecular formula is C21H34N4O10. The van der Waals surface area contributed by atoms with Crippen molar-refractivity contribution < 1.29 is 48.9 Å². The minimum atomic E-state index is -1.77. The summed E-state index contributed by atoms with van der Waals surface area (Å²) in [6.45, 7) is 3.36. The predicted molar refractivity (Wildman–Crippen MR) is 120 cm³/mol. The first-order valence-corrected chi connectivity index (χ1v) is 11.1. The van der Waals surface area contributed by atoms with Crippen molar-refractivity contribution >= 4 is 41.5 Å². The fraction of sp³-hybridized carbons (Fsp3) is 0.667. The van der Waals surface area contributed by atoms with Crippen LogP contribution in [0.4, 0.5) is 0 Å². The van der Waals surface area contributed by atoms with Crippen LogP contribution in [0.1, 0.15) is 58.8 Å². The van der Waals surface area contributed by atoms with Gasteiger partial charge in [0.05, 0.1) is 19.3 Å². The molecule has 0 fully saturated rings. The number of amides is 4. The average molecular weight is 503 g/mol. The number of aliphatic carboxylic acids is 3. The van der Waals surface area contributed by atoms with E-state index in [1.54, 1.807) is 0 Å². The molecule has 0 aliphatic rings. The summed E-state index contributed by atoms with van der Waals surface area (Å²) < 4.78 is 0. The third-order valence-corrected chi connectivity index (χ3v) is 4.80. The van der Waals surface area contributed by atoms with Gasteiger partial charge >= 0.3 is 17.9 Å². The topological polar surface area (TPSA) is 220 Å². The molecule has 0 radical (unpaired) electrons. The van der Waals surface area contributed by atoms with Crippen molar-refractivity contribution in [1.82, 2.24) is 20.9 Å². The molecule has 0 rings (SSSR count). The average Bonchev–Trinajstić information content (AvgIpc) is 2.73. The highest BCUT2D eigenvalue weighted by molar-refractivity contribution is 5.97. The summed E-state index contributed by atoms with van der Waals surface area (Å²) in [7, 11) is 1.44. The van der Waals surface area contributed by atoms with Gasteiger partial charge in [0.25, 0.3) is 0 Å². The Morgan fingerprint density at radius 1 is 0.686 bits per heavy atom. The van der Waals surface area contributed by atoms with Crippen molar-refractivity contribution in [2.24, 2.45) is 0 Å². The van der Waals surface area contributed by atoms with Crippen molar-refractivity contribution in [2.45, 2.75) is 76.9 Å². The second kappa shape index (κ2) is 16.0. The smallest absolute Gasteiger partial charge is 0.305 e. The normalized spacial score (nSPS) is 13.0. The summed E-state index contributed by atoms with van der Waals surface area (Å²) in [6, 6.07) is -4.90. The Hall–Kier alpha value is -3.71. The number of likely N-dealkylation sites (N-methyl/N-ethyl adjacent to an activating group) is 1. The number of nitrogens with zero attached hydrogens (tertiary/aromatic N) is 1. The largest absolute Gasteiger partial charge is 0.481 e. The van der Waals surface area contributed by atoms with E-state index in [1.165, 1.54) is 11.9 Å². The van der Waals surface area contributed by atoms with E-state index in [1.807, 2.05) is 6.92 Å². The van der Waals surface area contributed by atoms with E-state index >= 15 is 0 Å². The first-order valence-electron chi connectivity index (χ1n) is 11.1. The SMILES string of the molecule is CCCCCCN(C)C(=O)C(CC(=O)O)NC(=O)C(CC(=O)O)NC(=O)C(CC(=O)O)NC(C)=O. The lowest BCUT2D eigenvalue weighted by Crippen LogP contribution is -2.57. The Balaban J connectivity index is 5.55. The van der Waals surface area contributed by atoms with Crippen molar-refractivity contribution in [1.29, 1.82) is 0 Å². The molecule has 0 aromatic carbocycles. The van der Waals surface area contributed by atoms with Crippen LogP contribution in [-0.4, -0.2) is 93.5 Å². The van der Waals surface area contributed by atoms with Gasteiger partial charge in [0.2, 0.25) is 23.6 Å². The molecule has 3 atom stereocenters. The van der Waals surface area contributed by atoms with Crippen molar-refractivity contribution in [2.75, 3.05) is 13.6 Å². The number of hydrogen-bond donors (Lipinski definition) is 6. The van der Waals surface area contributed by atoms with E-state index in [0.717, 1.165) is 26.2 Å². The number of carboxylic acids is 3. The third kappa shape index (κ3) is 13.6. The molecule has 0 spiro atoms.